The lowest BCUT2D eigenvalue weighted by Crippen LogP contribution is -2.42. The largest absolute Gasteiger partial charge is 0.383 e. The number of urea groups is 1. The molecule has 0 unspecified atom stereocenters. The average Bonchev–Trinajstić information content (AvgIpc) is 3.26. The number of aromatic nitrogens is 2. The van der Waals surface area contributed by atoms with Crippen molar-refractivity contribution in [2.24, 2.45) is 0 Å². The second-order valence-electron chi connectivity index (χ2n) is 10.3. The van der Waals surface area contributed by atoms with Crippen molar-refractivity contribution in [1.29, 1.82) is 0 Å². The number of methoxy groups -OCH3 is 1. The Morgan fingerprint density at radius 3 is 2.32 bits per heavy atom. The molecule has 0 atom stereocenters. The zero-order valence-corrected chi connectivity index (χ0v) is 23.0. The molecule has 0 saturated carbocycles. The van der Waals surface area contributed by atoms with Crippen molar-refractivity contribution in [3.05, 3.63) is 70.9 Å². The Hall–Kier alpha value is -3.65. The molecule has 8 heteroatoms. The molecule has 2 aromatic carbocycles. The van der Waals surface area contributed by atoms with Crippen molar-refractivity contribution < 1.29 is 14.3 Å². The van der Waals surface area contributed by atoms with Gasteiger partial charge in [0, 0.05) is 30.8 Å². The molecular weight excluding hydrogens is 466 g/mol. The lowest BCUT2D eigenvalue weighted by atomic mass is 9.92. The molecule has 3 aromatic rings. The van der Waals surface area contributed by atoms with Crippen LogP contribution >= 0.6 is 0 Å². The van der Waals surface area contributed by atoms with Crippen molar-refractivity contribution in [3.8, 4) is 5.69 Å². The van der Waals surface area contributed by atoms with E-state index in [2.05, 4.69) is 44.4 Å². The van der Waals surface area contributed by atoms with Gasteiger partial charge in [0.2, 0.25) is 5.91 Å². The van der Waals surface area contributed by atoms with Crippen LogP contribution in [-0.2, 0) is 21.4 Å². The number of nitrogens with zero attached hydrogens (tertiary/aromatic N) is 3. The molecule has 198 valence electrons. The van der Waals surface area contributed by atoms with Crippen molar-refractivity contribution in [3.63, 3.8) is 0 Å². The standard InChI is InChI=1S/C29H39N5O3/c1-8-22-10-12-23(13-11-22)30-28(36)33(15-16-37-7)19-27(35)31-26-18-25(29(4,5)6)32-34(26)24-14-9-20(2)17-21(24)3/h9-14,17-18H,8,15-16,19H2,1-7H3,(H,30,36)(H,31,35). The molecule has 37 heavy (non-hydrogen) atoms. The highest BCUT2D eigenvalue weighted by Crippen LogP contribution is 2.28. The minimum Gasteiger partial charge on any atom is -0.383 e. The SMILES string of the molecule is CCc1ccc(NC(=O)N(CCOC)CC(=O)Nc2cc(C(C)(C)C)nn2-c2ccc(C)cc2C)cc1. The number of amides is 3. The van der Waals surface area contributed by atoms with Crippen LogP contribution in [0.3, 0.4) is 0 Å². The van der Waals surface area contributed by atoms with E-state index < -0.39 is 0 Å². The van der Waals surface area contributed by atoms with Crippen LogP contribution in [0, 0.1) is 13.8 Å². The minimum atomic E-state index is -0.366. The zero-order chi connectivity index (χ0) is 27.2. The summed E-state index contributed by atoms with van der Waals surface area (Å²) >= 11 is 0. The summed E-state index contributed by atoms with van der Waals surface area (Å²) in [7, 11) is 1.57. The summed E-state index contributed by atoms with van der Waals surface area (Å²) in [6.07, 6.45) is 0.921. The minimum absolute atomic E-state index is 0.134. The number of aryl methyl sites for hydroxylation is 3. The summed E-state index contributed by atoms with van der Waals surface area (Å²) in [5, 5.41) is 10.7. The van der Waals surface area contributed by atoms with Gasteiger partial charge in [-0.1, -0.05) is 57.5 Å². The highest BCUT2D eigenvalue weighted by Gasteiger charge is 2.23. The van der Waals surface area contributed by atoms with Gasteiger partial charge in [-0.2, -0.15) is 5.10 Å². The summed E-state index contributed by atoms with van der Waals surface area (Å²) < 4.78 is 6.94. The second kappa shape index (κ2) is 12.1. The monoisotopic (exact) mass is 505 g/mol. The number of nitrogens with one attached hydrogen (secondary N) is 2. The Kier molecular flexibility index (Phi) is 9.10. The summed E-state index contributed by atoms with van der Waals surface area (Å²) in [4.78, 5) is 27.7. The van der Waals surface area contributed by atoms with Crippen LogP contribution in [0.4, 0.5) is 16.3 Å². The summed E-state index contributed by atoms with van der Waals surface area (Å²) in [6.45, 7) is 12.8. The average molecular weight is 506 g/mol. The number of hydrogen-bond acceptors (Lipinski definition) is 4. The zero-order valence-electron chi connectivity index (χ0n) is 23.0. The van der Waals surface area contributed by atoms with Gasteiger partial charge in [0.25, 0.3) is 0 Å². The van der Waals surface area contributed by atoms with E-state index in [0.29, 0.717) is 18.1 Å². The molecule has 3 amide bonds. The van der Waals surface area contributed by atoms with Crippen LogP contribution < -0.4 is 10.6 Å². The molecule has 2 N–H and O–H groups in total. The van der Waals surface area contributed by atoms with E-state index in [4.69, 9.17) is 9.84 Å². The number of carbonyl (C=O) groups excluding carboxylic acids is 2. The van der Waals surface area contributed by atoms with E-state index in [1.165, 1.54) is 10.5 Å². The van der Waals surface area contributed by atoms with Crippen molar-refractivity contribution in [2.45, 2.75) is 53.4 Å². The van der Waals surface area contributed by atoms with E-state index in [1.54, 1.807) is 11.8 Å². The Morgan fingerprint density at radius 2 is 1.73 bits per heavy atom. The summed E-state index contributed by atoms with van der Waals surface area (Å²) in [6, 6.07) is 15.3. The molecule has 0 aliphatic heterocycles. The smallest absolute Gasteiger partial charge is 0.322 e. The molecule has 1 heterocycles. The van der Waals surface area contributed by atoms with Crippen LogP contribution in [0.2, 0.25) is 0 Å². The topological polar surface area (TPSA) is 88.5 Å². The van der Waals surface area contributed by atoms with Crippen molar-refractivity contribution in [1.82, 2.24) is 14.7 Å². The number of benzene rings is 2. The van der Waals surface area contributed by atoms with Gasteiger partial charge in [-0.05, 0) is 49.6 Å². The predicted octanol–water partition coefficient (Wildman–Crippen LogP) is 5.47. The highest BCUT2D eigenvalue weighted by atomic mass is 16.5. The molecule has 0 aliphatic carbocycles. The van der Waals surface area contributed by atoms with Gasteiger partial charge >= 0.3 is 6.03 Å². The van der Waals surface area contributed by atoms with Gasteiger partial charge in [0.15, 0.2) is 0 Å². The third kappa shape index (κ3) is 7.43. The van der Waals surface area contributed by atoms with Gasteiger partial charge in [-0.3, -0.25) is 4.79 Å². The van der Waals surface area contributed by atoms with Gasteiger partial charge in [0.05, 0.1) is 18.0 Å². The third-order valence-corrected chi connectivity index (χ3v) is 6.13. The Morgan fingerprint density at radius 1 is 1.03 bits per heavy atom. The summed E-state index contributed by atoms with van der Waals surface area (Å²) in [5.74, 6) is 0.239. The molecular formula is C29H39N5O3. The molecule has 0 radical (unpaired) electrons. The number of anilines is 2. The quantitative estimate of drug-likeness (QED) is 0.404. The van der Waals surface area contributed by atoms with Crippen molar-refractivity contribution >= 4 is 23.4 Å². The van der Waals surface area contributed by atoms with Gasteiger partial charge in [0.1, 0.15) is 12.4 Å². The fourth-order valence-corrected chi connectivity index (χ4v) is 3.90. The fourth-order valence-electron chi connectivity index (χ4n) is 3.90. The van der Waals surface area contributed by atoms with Crippen LogP contribution in [0.5, 0.6) is 0 Å². The maximum Gasteiger partial charge on any atom is 0.322 e. The van der Waals surface area contributed by atoms with Crippen LogP contribution in [-0.4, -0.2) is 53.4 Å². The fraction of sp³-hybridized carbons (Fsp3) is 0.414. The molecule has 0 aliphatic rings. The molecule has 0 spiro atoms. The second-order valence-corrected chi connectivity index (χ2v) is 10.3. The first kappa shape index (κ1) is 27.9. The number of rotatable bonds is 9. The maximum atomic E-state index is 13.2. The Labute approximate surface area is 220 Å². The Balaban J connectivity index is 1.81. The van der Waals surface area contributed by atoms with E-state index in [-0.39, 0.29) is 30.4 Å². The van der Waals surface area contributed by atoms with Gasteiger partial charge in [-0.15, -0.1) is 0 Å². The van der Waals surface area contributed by atoms with Gasteiger partial charge in [-0.25, -0.2) is 9.48 Å². The van der Waals surface area contributed by atoms with Crippen molar-refractivity contribution in [2.75, 3.05) is 37.4 Å². The molecule has 1 aromatic heterocycles. The predicted molar refractivity (Wildman–Crippen MR) is 149 cm³/mol. The molecule has 8 nitrogen and oxygen atoms in total. The first-order valence-electron chi connectivity index (χ1n) is 12.6. The molecule has 0 bridgehead atoms. The number of ether oxygens (including phenoxy) is 1. The first-order chi connectivity index (χ1) is 17.5. The molecule has 0 saturated heterocycles. The number of hydrogen-bond donors (Lipinski definition) is 2. The van der Waals surface area contributed by atoms with Crippen LogP contribution in [0.25, 0.3) is 5.69 Å². The van der Waals surface area contributed by atoms with E-state index >= 15 is 0 Å². The third-order valence-electron chi connectivity index (χ3n) is 6.13. The number of carbonyl (C=O) groups is 2. The van der Waals surface area contributed by atoms with Crippen LogP contribution in [0.15, 0.2) is 48.5 Å². The van der Waals surface area contributed by atoms with Gasteiger partial charge < -0.3 is 20.3 Å². The molecule has 0 fully saturated rings. The first-order valence-corrected chi connectivity index (χ1v) is 12.6. The van der Waals surface area contributed by atoms with E-state index in [0.717, 1.165) is 28.9 Å². The highest BCUT2D eigenvalue weighted by molar-refractivity contribution is 5.96. The normalized spacial score (nSPS) is 11.3. The summed E-state index contributed by atoms with van der Waals surface area (Å²) in [5.41, 5.74) is 5.60. The lowest BCUT2D eigenvalue weighted by Gasteiger charge is -2.22. The lowest BCUT2D eigenvalue weighted by molar-refractivity contribution is -0.116. The maximum absolute atomic E-state index is 13.2. The van der Waals surface area contributed by atoms with Crippen LogP contribution in [0.1, 0.15) is 50.1 Å². The van der Waals surface area contributed by atoms with E-state index in [1.807, 2.05) is 56.3 Å². The Bertz CT molecular complexity index is 1230. The van der Waals surface area contributed by atoms with E-state index in [9.17, 15) is 9.59 Å². The molecule has 3 rings (SSSR count).